The van der Waals surface area contributed by atoms with Crippen molar-refractivity contribution in [2.24, 2.45) is 0 Å². The van der Waals surface area contributed by atoms with E-state index in [0.717, 1.165) is 25.7 Å². The molecule has 27 heavy (non-hydrogen) atoms. The minimum Gasteiger partial charge on any atom is -0.309 e. The molecular formula is C23H32Cl2N2. The number of hydrogen-bond acceptors (Lipinski definition) is 2. The molecule has 0 aromatic heterocycles. The van der Waals surface area contributed by atoms with Gasteiger partial charge in [-0.05, 0) is 24.0 Å². The topological polar surface area (TPSA) is 15.3 Å². The zero-order valence-corrected chi connectivity index (χ0v) is 17.6. The quantitative estimate of drug-likeness (QED) is 0.712. The van der Waals surface area contributed by atoms with Crippen LogP contribution in [0, 0.1) is 0 Å². The van der Waals surface area contributed by atoms with E-state index in [2.05, 4.69) is 70.9 Å². The van der Waals surface area contributed by atoms with Crippen molar-refractivity contribution in [2.45, 2.75) is 56.7 Å². The molecular weight excluding hydrogens is 375 g/mol. The summed E-state index contributed by atoms with van der Waals surface area (Å²) in [4.78, 5) is 2.63. The molecule has 1 heterocycles. The van der Waals surface area contributed by atoms with Gasteiger partial charge in [0.2, 0.25) is 0 Å². The zero-order chi connectivity index (χ0) is 16.9. The van der Waals surface area contributed by atoms with Crippen LogP contribution in [0.15, 0.2) is 60.7 Å². The van der Waals surface area contributed by atoms with Crippen LogP contribution in [0.25, 0.3) is 0 Å². The molecule has 0 unspecified atom stereocenters. The smallest absolute Gasteiger partial charge is 0.0278 e. The highest BCUT2D eigenvalue weighted by Gasteiger charge is 2.34. The van der Waals surface area contributed by atoms with Crippen LogP contribution in [0.2, 0.25) is 0 Å². The predicted molar refractivity (Wildman–Crippen MR) is 119 cm³/mol. The second-order valence-corrected chi connectivity index (χ2v) is 7.80. The van der Waals surface area contributed by atoms with Gasteiger partial charge >= 0.3 is 0 Å². The minimum atomic E-state index is 0. The van der Waals surface area contributed by atoms with Crippen LogP contribution < -0.4 is 5.32 Å². The first kappa shape index (κ1) is 22.2. The van der Waals surface area contributed by atoms with Gasteiger partial charge in [0.05, 0.1) is 0 Å². The number of rotatable bonds is 5. The van der Waals surface area contributed by atoms with Crippen molar-refractivity contribution in [3.05, 3.63) is 71.8 Å². The third-order valence-electron chi connectivity index (χ3n) is 5.93. The third kappa shape index (κ3) is 5.96. The SMILES string of the molecule is Cl.Cl.c1ccc(CN2C[C@@H](NC3CCCCC3)[C@H](c3ccccc3)C2)cc1. The number of nitrogens with one attached hydrogen (secondary N) is 1. The van der Waals surface area contributed by atoms with Crippen LogP contribution in [-0.2, 0) is 6.54 Å². The fourth-order valence-electron chi connectivity index (χ4n) is 4.63. The second kappa shape index (κ2) is 11.1. The normalized spacial score (nSPS) is 23.4. The van der Waals surface area contributed by atoms with Crippen molar-refractivity contribution in [3.8, 4) is 0 Å². The Morgan fingerprint density at radius 1 is 0.778 bits per heavy atom. The number of nitrogens with zero attached hydrogens (tertiary/aromatic N) is 1. The van der Waals surface area contributed by atoms with E-state index in [1.165, 1.54) is 43.2 Å². The highest BCUT2D eigenvalue weighted by molar-refractivity contribution is 5.85. The Labute approximate surface area is 176 Å². The van der Waals surface area contributed by atoms with Crippen LogP contribution >= 0.6 is 24.8 Å². The van der Waals surface area contributed by atoms with Gasteiger partial charge in [-0.1, -0.05) is 79.9 Å². The zero-order valence-electron chi connectivity index (χ0n) is 15.9. The van der Waals surface area contributed by atoms with E-state index in [9.17, 15) is 0 Å². The summed E-state index contributed by atoms with van der Waals surface area (Å²) in [5.41, 5.74) is 2.92. The number of halogens is 2. The number of likely N-dealkylation sites (tertiary alicyclic amines) is 1. The Morgan fingerprint density at radius 2 is 1.41 bits per heavy atom. The van der Waals surface area contributed by atoms with Gasteiger partial charge in [0.15, 0.2) is 0 Å². The average Bonchev–Trinajstić information content (AvgIpc) is 3.06. The molecule has 2 atom stereocenters. The van der Waals surface area contributed by atoms with Gasteiger partial charge in [0.25, 0.3) is 0 Å². The first-order chi connectivity index (χ1) is 12.4. The molecule has 2 aromatic carbocycles. The standard InChI is InChI=1S/C23H30N2.2ClH/c1-4-10-19(11-5-1)16-25-17-22(20-12-6-2-7-13-20)23(18-25)24-21-14-8-3-9-15-21;;/h1-2,4-7,10-13,21-24H,3,8-9,14-18H2;2*1H/t22-,23+;;/m0../s1. The van der Waals surface area contributed by atoms with Crippen molar-refractivity contribution < 1.29 is 0 Å². The van der Waals surface area contributed by atoms with Gasteiger partial charge in [-0.25, -0.2) is 0 Å². The largest absolute Gasteiger partial charge is 0.309 e. The van der Waals surface area contributed by atoms with E-state index in [4.69, 9.17) is 0 Å². The van der Waals surface area contributed by atoms with Crippen molar-refractivity contribution in [1.29, 1.82) is 0 Å². The molecule has 2 aliphatic rings. The van der Waals surface area contributed by atoms with Crippen molar-refractivity contribution in [3.63, 3.8) is 0 Å². The summed E-state index contributed by atoms with van der Waals surface area (Å²) in [7, 11) is 0. The maximum absolute atomic E-state index is 4.04. The molecule has 1 aliphatic heterocycles. The summed E-state index contributed by atoms with van der Waals surface area (Å²) in [6, 6.07) is 23.3. The Morgan fingerprint density at radius 3 is 2.07 bits per heavy atom. The average molecular weight is 407 g/mol. The summed E-state index contributed by atoms with van der Waals surface area (Å²) in [5, 5.41) is 4.04. The molecule has 0 radical (unpaired) electrons. The molecule has 0 amide bonds. The van der Waals surface area contributed by atoms with Crippen LogP contribution in [0.5, 0.6) is 0 Å². The van der Waals surface area contributed by atoms with E-state index < -0.39 is 0 Å². The van der Waals surface area contributed by atoms with E-state index in [-0.39, 0.29) is 24.8 Å². The fourth-order valence-corrected chi connectivity index (χ4v) is 4.63. The molecule has 2 fully saturated rings. The molecule has 148 valence electrons. The molecule has 4 rings (SSSR count). The van der Waals surface area contributed by atoms with Crippen LogP contribution in [0.3, 0.4) is 0 Å². The summed E-state index contributed by atoms with van der Waals surface area (Å²) >= 11 is 0. The molecule has 1 saturated heterocycles. The van der Waals surface area contributed by atoms with Gasteiger partial charge in [0.1, 0.15) is 0 Å². The van der Waals surface area contributed by atoms with E-state index in [1.54, 1.807) is 0 Å². The van der Waals surface area contributed by atoms with Gasteiger partial charge < -0.3 is 5.32 Å². The minimum absolute atomic E-state index is 0. The molecule has 1 N–H and O–H groups in total. The lowest BCUT2D eigenvalue weighted by Crippen LogP contribution is -2.43. The maximum Gasteiger partial charge on any atom is 0.0278 e. The Bertz CT molecular complexity index is 644. The molecule has 4 heteroatoms. The van der Waals surface area contributed by atoms with Crippen LogP contribution in [0.1, 0.15) is 49.1 Å². The number of benzene rings is 2. The Balaban J connectivity index is 0.00000131. The summed E-state index contributed by atoms with van der Waals surface area (Å²) in [6.45, 7) is 3.38. The van der Waals surface area contributed by atoms with Crippen molar-refractivity contribution in [2.75, 3.05) is 13.1 Å². The molecule has 2 aromatic rings. The van der Waals surface area contributed by atoms with Gasteiger partial charge in [0, 0.05) is 37.6 Å². The highest BCUT2D eigenvalue weighted by atomic mass is 35.5. The van der Waals surface area contributed by atoms with E-state index in [1.807, 2.05) is 0 Å². The first-order valence-electron chi connectivity index (χ1n) is 9.96. The Kier molecular flexibility index (Phi) is 9.11. The molecule has 0 bridgehead atoms. The van der Waals surface area contributed by atoms with E-state index >= 15 is 0 Å². The summed E-state index contributed by atoms with van der Waals surface area (Å²) in [6.07, 6.45) is 6.93. The molecule has 1 aliphatic carbocycles. The molecule has 0 spiro atoms. The molecule has 1 saturated carbocycles. The van der Waals surface area contributed by atoms with Crippen molar-refractivity contribution >= 4 is 24.8 Å². The second-order valence-electron chi connectivity index (χ2n) is 7.80. The van der Waals surface area contributed by atoms with Crippen molar-refractivity contribution in [1.82, 2.24) is 10.2 Å². The Hall–Kier alpha value is -1.06. The monoisotopic (exact) mass is 406 g/mol. The first-order valence-corrected chi connectivity index (χ1v) is 9.96. The third-order valence-corrected chi connectivity index (χ3v) is 5.93. The highest BCUT2D eigenvalue weighted by Crippen LogP contribution is 2.30. The number of hydrogen-bond donors (Lipinski definition) is 1. The fraction of sp³-hybridized carbons (Fsp3) is 0.478. The maximum atomic E-state index is 4.04. The lowest BCUT2D eigenvalue weighted by Gasteiger charge is -2.29. The lowest BCUT2D eigenvalue weighted by molar-refractivity contribution is 0.298. The van der Waals surface area contributed by atoms with Gasteiger partial charge in [-0.15, -0.1) is 24.8 Å². The van der Waals surface area contributed by atoms with Crippen LogP contribution in [0.4, 0.5) is 0 Å². The molecule has 2 nitrogen and oxygen atoms in total. The summed E-state index contributed by atoms with van der Waals surface area (Å²) < 4.78 is 0. The summed E-state index contributed by atoms with van der Waals surface area (Å²) in [5.74, 6) is 0.604. The van der Waals surface area contributed by atoms with E-state index in [0.29, 0.717) is 12.0 Å². The predicted octanol–water partition coefficient (Wildman–Crippen LogP) is 5.42. The van der Waals surface area contributed by atoms with Crippen LogP contribution in [-0.4, -0.2) is 30.1 Å². The van der Waals surface area contributed by atoms with Gasteiger partial charge in [-0.2, -0.15) is 0 Å². The van der Waals surface area contributed by atoms with Gasteiger partial charge in [-0.3, -0.25) is 4.90 Å². The lowest BCUT2D eigenvalue weighted by atomic mass is 9.90.